The summed E-state index contributed by atoms with van der Waals surface area (Å²) in [5.74, 6) is 0.349. The minimum absolute atomic E-state index is 0.0617. The van der Waals surface area contributed by atoms with E-state index in [2.05, 4.69) is 15.6 Å². The van der Waals surface area contributed by atoms with Crippen molar-refractivity contribution in [1.29, 1.82) is 0 Å². The van der Waals surface area contributed by atoms with Crippen molar-refractivity contribution in [2.75, 3.05) is 7.05 Å². The summed E-state index contributed by atoms with van der Waals surface area (Å²) in [7, 11) is 1.62. The molecule has 1 aromatic rings. The minimum Gasteiger partial charge on any atom is -0.370 e. The molecule has 1 unspecified atom stereocenters. The Morgan fingerprint density at radius 2 is 2.39 bits per heavy atom. The highest BCUT2D eigenvalue weighted by molar-refractivity contribution is 6.29. The summed E-state index contributed by atoms with van der Waals surface area (Å²) >= 11 is 5.72. The summed E-state index contributed by atoms with van der Waals surface area (Å²) in [6.45, 7) is 1.98. The van der Waals surface area contributed by atoms with Gasteiger partial charge in [0, 0.05) is 13.2 Å². The normalized spacial score (nSPS) is 12.9. The molecular formula is C11H15ClN4O2. The van der Waals surface area contributed by atoms with Gasteiger partial charge in [-0.1, -0.05) is 24.6 Å². The van der Waals surface area contributed by atoms with E-state index in [1.165, 1.54) is 0 Å². The van der Waals surface area contributed by atoms with Gasteiger partial charge in [-0.15, -0.1) is 0 Å². The fourth-order valence-electron chi connectivity index (χ4n) is 1.48. The van der Waals surface area contributed by atoms with Gasteiger partial charge in [0.1, 0.15) is 5.15 Å². The van der Waals surface area contributed by atoms with E-state index in [9.17, 15) is 10.1 Å². The van der Waals surface area contributed by atoms with Gasteiger partial charge in [-0.2, -0.15) is 0 Å². The van der Waals surface area contributed by atoms with Crippen molar-refractivity contribution in [1.82, 2.24) is 15.6 Å². The van der Waals surface area contributed by atoms with Crippen LogP contribution >= 0.6 is 11.6 Å². The molecule has 0 amide bonds. The van der Waals surface area contributed by atoms with E-state index in [-0.39, 0.29) is 6.04 Å². The molecule has 0 aliphatic rings. The second-order valence-electron chi connectivity index (χ2n) is 3.60. The van der Waals surface area contributed by atoms with Crippen LogP contribution < -0.4 is 10.6 Å². The Labute approximate surface area is 110 Å². The number of halogens is 1. The average molecular weight is 271 g/mol. The number of nitrogens with zero attached hydrogens (tertiary/aromatic N) is 2. The van der Waals surface area contributed by atoms with Crippen LogP contribution in [0.2, 0.25) is 5.15 Å². The number of aromatic nitrogens is 1. The third-order valence-electron chi connectivity index (χ3n) is 2.39. The van der Waals surface area contributed by atoms with Crippen LogP contribution in [-0.4, -0.2) is 17.0 Å². The van der Waals surface area contributed by atoms with Crippen molar-refractivity contribution in [3.05, 3.63) is 51.2 Å². The molecule has 1 heterocycles. The maximum Gasteiger partial charge on any atom is 0.274 e. The first-order valence-electron chi connectivity index (χ1n) is 5.47. The Balaban J connectivity index is 2.84. The quantitative estimate of drug-likeness (QED) is 0.470. The molecule has 0 bridgehead atoms. The van der Waals surface area contributed by atoms with E-state index in [0.717, 1.165) is 18.2 Å². The Morgan fingerprint density at radius 1 is 1.67 bits per heavy atom. The zero-order valence-corrected chi connectivity index (χ0v) is 10.9. The highest BCUT2D eigenvalue weighted by atomic mass is 35.5. The van der Waals surface area contributed by atoms with Crippen molar-refractivity contribution in [3.63, 3.8) is 0 Å². The molecular weight excluding hydrogens is 256 g/mol. The van der Waals surface area contributed by atoms with Gasteiger partial charge in [0.15, 0.2) is 5.82 Å². The van der Waals surface area contributed by atoms with Gasteiger partial charge < -0.3 is 10.6 Å². The van der Waals surface area contributed by atoms with Crippen molar-refractivity contribution < 1.29 is 4.92 Å². The van der Waals surface area contributed by atoms with E-state index < -0.39 is 4.92 Å². The fraction of sp³-hybridized carbons (Fsp3) is 0.364. The van der Waals surface area contributed by atoms with Crippen molar-refractivity contribution >= 4 is 11.6 Å². The van der Waals surface area contributed by atoms with Crippen LogP contribution in [0.1, 0.15) is 24.9 Å². The summed E-state index contributed by atoms with van der Waals surface area (Å²) in [4.78, 5) is 13.9. The highest BCUT2D eigenvalue weighted by Gasteiger charge is 2.12. The Kier molecular flexibility index (Phi) is 5.38. The van der Waals surface area contributed by atoms with E-state index in [0.29, 0.717) is 11.0 Å². The van der Waals surface area contributed by atoms with Crippen LogP contribution in [0.5, 0.6) is 0 Å². The van der Waals surface area contributed by atoms with Crippen LogP contribution in [-0.2, 0) is 0 Å². The van der Waals surface area contributed by atoms with Gasteiger partial charge in [0.25, 0.3) is 6.20 Å². The predicted octanol–water partition coefficient (Wildman–Crippen LogP) is 2.07. The third-order valence-corrected chi connectivity index (χ3v) is 2.62. The Bertz CT molecular complexity index is 433. The van der Waals surface area contributed by atoms with Crippen LogP contribution in [0.25, 0.3) is 0 Å². The second-order valence-corrected chi connectivity index (χ2v) is 3.98. The number of pyridine rings is 1. The molecule has 0 aliphatic carbocycles. The maximum atomic E-state index is 10.4. The molecule has 7 heteroatoms. The molecule has 0 aliphatic heterocycles. The number of nitro groups is 1. The molecule has 1 rings (SSSR count). The lowest BCUT2D eigenvalue weighted by Crippen LogP contribution is -2.28. The Morgan fingerprint density at radius 3 is 2.83 bits per heavy atom. The molecule has 1 atom stereocenters. The summed E-state index contributed by atoms with van der Waals surface area (Å²) in [5, 5.41) is 16.6. The number of hydrogen-bond acceptors (Lipinski definition) is 5. The lowest BCUT2D eigenvalue weighted by atomic mass is 10.1. The summed E-state index contributed by atoms with van der Waals surface area (Å²) in [5.41, 5.74) is 0.923. The topological polar surface area (TPSA) is 80.1 Å². The largest absolute Gasteiger partial charge is 0.370 e. The molecule has 0 fully saturated rings. The molecule has 18 heavy (non-hydrogen) atoms. The van der Waals surface area contributed by atoms with Crippen molar-refractivity contribution in [3.8, 4) is 0 Å². The summed E-state index contributed by atoms with van der Waals surface area (Å²) in [6.07, 6.45) is 3.31. The van der Waals surface area contributed by atoms with Gasteiger partial charge in [-0.3, -0.25) is 10.1 Å². The molecule has 2 N–H and O–H groups in total. The van der Waals surface area contributed by atoms with E-state index in [1.807, 2.05) is 13.0 Å². The standard InChI is InChI=1S/C11H15ClN4O2/c1-3-9(8-4-5-10(12)14-6-8)15-11(13-2)7-16(17)18/h4-7,9,13,15H,3H2,1-2H3/b11-7+. The lowest BCUT2D eigenvalue weighted by Gasteiger charge is -2.19. The minimum atomic E-state index is -0.508. The molecule has 98 valence electrons. The first-order chi connectivity index (χ1) is 8.56. The van der Waals surface area contributed by atoms with E-state index >= 15 is 0 Å². The third kappa shape index (κ3) is 4.21. The van der Waals surface area contributed by atoms with Gasteiger partial charge in [-0.25, -0.2) is 4.98 Å². The van der Waals surface area contributed by atoms with Crippen LogP contribution in [0.15, 0.2) is 30.4 Å². The Hall–Kier alpha value is -1.82. The SMILES string of the molecule is CCC(N/C(=C/[N+](=O)[O-])NC)c1ccc(Cl)nc1. The predicted molar refractivity (Wildman–Crippen MR) is 69.6 cm³/mol. The van der Waals surface area contributed by atoms with Crippen molar-refractivity contribution in [2.45, 2.75) is 19.4 Å². The fourth-order valence-corrected chi connectivity index (χ4v) is 1.59. The average Bonchev–Trinajstić information content (AvgIpc) is 2.35. The zero-order chi connectivity index (χ0) is 13.5. The smallest absolute Gasteiger partial charge is 0.274 e. The second kappa shape index (κ2) is 6.80. The molecule has 6 nitrogen and oxygen atoms in total. The first kappa shape index (κ1) is 14.2. The summed E-state index contributed by atoms with van der Waals surface area (Å²) in [6, 6.07) is 3.47. The van der Waals surface area contributed by atoms with Crippen molar-refractivity contribution in [2.24, 2.45) is 0 Å². The maximum absolute atomic E-state index is 10.4. The zero-order valence-electron chi connectivity index (χ0n) is 10.2. The van der Waals surface area contributed by atoms with Gasteiger partial charge in [-0.05, 0) is 18.1 Å². The number of rotatable bonds is 6. The first-order valence-corrected chi connectivity index (χ1v) is 5.85. The van der Waals surface area contributed by atoms with E-state index in [1.54, 1.807) is 19.3 Å². The molecule has 0 aromatic carbocycles. The molecule has 0 spiro atoms. The van der Waals surface area contributed by atoms with Crippen LogP contribution in [0, 0.1) is 10.1 Å². The number of hydrogen-bond donors (Lipinski definition) is 2. The summed E-state index contributed by atoms with van der Waals surface area (Å²) < 4.78 is 0. The molecule has 0 saturated heterocycles. The monoisotopic (exact) mass is 270 g/mol. The molecule has 0 saturated carbocycles. The van der Waals surface area contributed by atoms with Gasteiger partial charge in [0.2, 0.25) is 0 Å². The molecule has 0 radical (unpaired) electrons. The van der Waals surface area contributed by atoms with Gasteiger partial charge >= 0.3 is 0 Å². The van der Waals surface area contributed by atoms with Crippen LogP contribution in [0.4, 0.5) is 0 Å². The highest BCUT2D eigenvalue weighted by Crippen LogP contribution is 2.18. The van der Waals surface area contributed by atoms with E-state index in [4.69, 9.17) is 11.6 Å². The van der Waals surface area contributed by atoms with Crippen LogP contribution in [0.3, 0.4) is 0 Å². The lowest BCUT2D eigenvalue weighted by molar-refractivity contribution is -0.404. The number of nitrogens with one attached hydrogen (secondary N) is 2. The molecule has 1 aromatic heterocycles. The van der Waals surface area contributed by atoms with Gasteiger partial charge in [0.05, 0.1) is 11.0 Å².